The lowest BCUT2D eigenvalue weighted by atomic mass is 9.83. The van der Waals surface area contributed by atoms with Crippen LogP contribution in [0, 0.1) is 0 Å². The zero-order valence-corrected chi connectivity index (χ0v) is 16.4. The largest absolute Gasteiger partial charge is 0.312 e. The molecule has 2 aromatic carbocycles. The smallest absolute Gasteiger partial charge is 0.274 e. The first kappa shape index (κ1) is 20.1. The van der Waals surface area contributed by atoms with Crippen molar-refractivity contribution in [2.24, 2.45) is 0 Å². The van der Waals surface area contributed by atoms with Gasteiger partial charge in [-0.05, 0) is 73.4 Å². The Morgan fingerprint density at radius 2 is 1.75 bits per heavy atom. The molecule has 0 saturated heterocycles. The number of aryl methyl sites for hydroxylation is 1. The predicted molar refractivity (Wildman–Crippen MR) is 110 cm³/mol. The monoisotopic (exact) mass is 380 g/mol. The summed E-state index contributed by atoms with van der Waals surface area (Å²) in [5, 5.41) is 9.01. The molecular formula is C23H28N2O3. The number of hydroxylamine groups is 1. The van der Waals surface area contributed by atoms with Gasteiger partial charge in [-0.2, -0.15) is 0 Å². The SMILES string of the molecule is CCCN(C(=O)CCc1ccc(C(=O)NO)c2c1CCCC2)c1ccccc1. The van der Waals surface area contributed by atoms with Gasteiger partial charge < -0.3 is 4.90 Å². The van der Waals surface area contributed by atoms with Gasteiger partial charge in [-0.15, -0.1) is 0 Å². The van der Waals surface area contributed by atoms with Gasteiger partial charge in [0.05, 0.1) is 0 Å². The fourth-order valence-corrected chi connectivity index (χ4v) is 4.06. The average Bonchev–Trinajstić information content (AvgIpc) is 2.75. The molecule has 0 aromatic heterocycles. The van der Waals surface area contributed by atoms with Crippen LogP contribution in [0.4, 0.5) is 5.69 Å². The Labute approximate surface area is 166 Å². The number of carbonyl (C=O) groups excluding carboxylic acids is 2. The van der Waals surface area contributed by atoms with Crippen molar-refractivity contribution >= 4 is 17.5 Å². The van der Waals surface area contributed by atoms with Crippen LogP contribution in [0.15, 0.2) is 42.5 Å². The summed E-state index contributed by atoms with van der Waals surface area (Å²) in [5.41, 5.74) is 6.58. The molecule has 0 unspecified atom stereocenters. The van der Waals surface area contributed by atoms with E-state index in [1.807, 2.05) is 41.3 Å². The Hall–Kier alpha value is -2.66. The third-order valence-corrected chi connectivity index (χ3v) is 5.40. The Bertz CT molecular complexity index is 833. The quantitative estimate of drug-likeness (QED) is 0.562. The molecule has 0 heterocycles. The van der Waals surface area contributed by atoms with Crippen LogP contribution in [0.2, 0.25) is 0 Å². The maximum absolute atomic E-state index is 12.9. The zero-order valence-electron chi connectivity index (χ0n) is 16.4. The van der Waals surface area contributed by atoms with Crippen molar-refractivity contribution in [3.63, 3.8) is 0 Å². The molecule has 5 heteroatoms. The van der Waals surface area contributed by atoms with Gasteiger partial charge in [0.15, 0.2) is 0 Å². The zero-order chi connectivity index (χ0) is 19.9. The molecule has 0 radical (unpaired) electrons. The van der Waals surface area contributed by atoms with Gasteiger partial charge in [0, 0.05) is 24.2 Å². The van der Waals surface area contributed by atoms with Crippen molar-refractivity contribution in [1.29, 1.82) is 0 Å². The minimum Gasteiger partial charge on any atom is -0.312 e. The van der Waals surface area contributed by atoms with Crippen LogP contribution >= 0.6 is 0 Å². The highest BCUT2D eigenvalue weighted by atomic mass is 16.5. The van der Waals surface area contributed by atoms with Crippen LogP contribution in [-0.2, 0) is 24.1 Å². The number of amides is 2. The molecule has 0 aliphatic heterocycles. The van der Waals surface area contributed by atoms with Crippen LogP contribution in [0.1, 0.15) is 59.7 Å². The summed E-state index contributed by atoms with van der Waals surface area (Å²) in [6.45, 7) is 2.78. The molecular weight excluding hydrogens is 352 g/mol. The van der Waals surface area contributed by atoms with Crippen LogP contribution in [0.5, 0.6) is 0 Å². The molecule has 0 fully saturated rings. The van der Waals surface area contributed by atoms with Crippen molar-refractivity contribution in [3.05, 3.63) is 64.7 Å². The lowest BCUT2D eigenvalue weighted by Gasteiger charge is -2.24. The first-order valence-electron chi connectivity index (χ1n) is 10.1. The third-order valence-electron chi connectivity index (χ3n) is 5.40. The summed E-state index contributed by atoms with van der Waals surface area (Å²) in [6, 6.07) is 13.5. The number of fused-ring (bicyclic) bond motifs is 1. The van der Waals surface area contributed by atoms with Crippen LogP contribution in [0.25, 0.3) is 0 Å². The number of carbonyl (C=O) groups is 2. The first-order chi connectivity index (χ1) is 13.7. The second kappa shape index (κ2) is 9.51. The number of anilines is 1. The molecule has 3 rings (SSSR count). The van der Waals surface area contributed by atoms with Crippen molar-refractivity contribution in [2.75, 3.05) is 11.4 Å². The molecule has 28 heavy (non-hydrogen) atoms. The maximum Gasteiger partial charge on any atom is 0.274 e. The van der Waals surface area contributed by atoms with Crippen molar-refractivity contribution in [3.8, 4) is 0 Å². The molecule has 0 atom stereocenters. The van der Waals surface area contributed by atoms with E-state index in [0.29, 0.717) is 24.9 Å². The number of rotatable bonds is 7. The van der Waals surface area contributed by atoms with Gasteiger partial charge in [-0.3, -0.25) is 14.8 Å². The number of nitrogens with one attached hydrogen (secondary N) is 1. The molecule has 2 N–H and O–H groups in total. The number of nitrogens with zero attached hydrogens (tertiary/aromatic N) is 1. The summed E-state index contributed by atoms with van der Waals surface area (Å²) in [5.74, 6) is -0.339. The molecule has 148 valence electrons. The van der Waals surface area contributed by atoms with Crippen molar-refractivity contribution in [1.82, 2.24) is 5.48 Å². The molecule has 2 aromatic rings. The van der Waals surface area contributed by atoms with Crippen molar-refractivity contribution < 1.29 is 14.8 Å². The Morgan fingerprint density at radius 3 is 2.43 bits per heavy atom. The molecule has 1 aliphatic rings. The van der Waals surface area contributed by atoms with E-state index >= 15 is 0 Å². The second-order valence-corrected chi connectivity index (χ2v) is 7.26. The Kier molecular flexibility index (Phi) is 6.82. The van der Waals surface area contributed by atoms with E-state index in [-0.39, 0.29) is 5.91 Å². The average molecular weight is 380 g/mol. The number of hydrogen-bond acceptors (Lipinski definition) is 3. The predicted octanol–water partition coefficient (Wildman–Crippen LogP) is 4.06. The van der Waals surface area contributed by atoms with E-state index in [0.717, 1.165) is 48.9 Å². The minimum atomic E-state index is -0.459. The summed E-state index contributed by atoms with van der Waals surface area (Å²) >= 11 is 0. The van der Waals surface area contributed by atoms with Crippen LogP contribution in [-0.4, -0.2) is 23.6 Å². The fraction of sp³-hybridized carbons (Fsp3) is 0.391. The minimum absolute atomic E-state index is 0.120. The maximum atomic E-state index is 12.9. The highest BCUT2D eigenvalue weighted by molar-refractivity contribution is 5.96. The van der Waals surface area contributed by atoms with E-state index in [1.165, 1.54) is 5.56 Å². The highest BCUT2D eigenvalue weighted by Crippen LogP contribution is 2.29. The van der Waals surface area contributed by atoms with E-state index in [4.69, 9.17) is 5.21 Å². The van der Waals surface area contributed by atoms with E-state index in [9.17, 15) is 9.59 Å². The normalized spacial score (nSPS) is 12.9. The van der Waals surface area contributed by atoms with E-state index < -0.39 is 5.91 Å². The standard InChI is InChI=1S/C23H28N2O3/c1-2-16-25(18-8-4-3-5-9-18)22(26)15-13-17-12-14-21(23(27)24-28)20-11-7-6-10-19(17)20/h3-5,8-9,12,14,28H,2,6-7,10-11,13,15-16H2,1H3,(H,24,27). The molecule has 0 spiro atoms. The van der Waals surface area contributed by atoms with Crippen molar-refractivity contribution in [2.45, 2.75) is 51.9 Å². The molecule has 1 aliphatic carbocycles. The van der Waals surface area contributed by atoms with Gasteiger partial charge in [0.1, 0.15) is 0 Å². The second-order valence-electron chi connectivity index (χ2n) is 7.26. The van der Waals surface area contributed by atoms with Crippen LogP contribution < -0.4 is 10.4 Å². The van der Waals surface area contributed by atoms with Gasteiger partial charge in [-0.1, -0.05) is 31.2 Å². The molecule has 0 saturated carbocycles. The molecule has 0 bridgehead atoms. The summed E-state index contributed by atoms with van der Waals surface area (Å²) in [4.78, 5) is 26.7. The van der Waals surface area contributed by atoms with E-state index in [1.54, 1.807) is 11.5 Å². The molecule has 5 nitrogen and oxygen atoms in total. The van der Waals surface area contributed by atoms with Crippen LogP contribution in [0.3, 0.4) is 0 Å². The summed E-state index contributed by atoms with van der Waals surface area (Å²) < 4.78 is 0. The number of hydrogen-bond donors (Lipinski definition) is 2. The summed E-state index contributed by atoms with van der Waals surface area (Å²) in [7, 11) is 0. The highest BCUT2D eigenvalue weighted by Gasteiger charge is 2.21. The fourth-order valence-electron chi connectivity index (χ4n) is 4.06. The molecule has 2 amide bonds. The Balaban J connectivity index is 1.78. The number of benzene rings is 2. The number of para-hydroxylation sites is 1. The van der Waals surface area contributed by atoms with Gasteiger partial charge in [0.25, 0.3) is 5.91 Å². The van der Waals surface area contributed by atoms with Gasteiger partial charge >= 0.3 is 0 Å². The van der Waals surface area contributed by atoms with Gasteiger partial charge in [0.2, 0.25) is 5.91 Å². The third kappa shape index (κ3) is 4.42. The summed E-state index contributed by atoms with van der Waals surface area (Å²) in [6.07, 6.45) is 5.89. The van der Waals surface area contributed by atoms with Gasteiger partial charge in [-0.25, -0.2) is 5.48 Å². The lowest BCUT2D eigenvalue weighted by Crippen LogP contribution is -2.32. The topological polar surface area (TPSA) is 69.6 Å². The first-order valence-corrected chi connectivity index (χ1v) is 10.1. The lowest BCUT2D eigenvalue weighted by molar-refractivity contribution is -0.118. The Morgan fingerprint density at radius 1 is 1.04 bits per heavy atom. The van der Waals surface area contributed by atoms with E-state index in [2.05, 4.69) is 6.92 Å².